The number of nitrogens with two attached hydrogens (primary N) is 1. The second-order valence-corrected chi connectivity index (χ2v) is 10.1. The molecular formula is C10H13N5O12P3-3. The van der Waals surface area contributed by atoms with Gasteiger partial charge >= 0.3 is 0 Å². The summed E-state index contributed by atoms with van der Waals surface area (Å²) < 4.78 is 51.0. The van der Waals surface area contributed by atoms with Crippen LogP contribution >= 0.6 is 23.5 Å². The number of fused-ring (bicyclic) bond motifs is 1. The number of hydrogen-bond donors (Lipinski definition) is 3. The number of phosphoric acid groups is 3. The van der Waals surface area contributed by atoms with E-state index in [1.54, 1.807) is 0 Å². The number of rotatable bonds is 8. The second kappa shape index (κ2) is 8.31. The van der Waals surface area contributed by atoms with E-state index in [9.17, 15) is 33.5 Å². The third kappa shape index (κ3) is 5.68. The van der Waals surface area contributed by atoms with E-state index >= 15 is 0 Å². The summed E-state index contributed by atoms with van der Waals surface area (Å²) in [5.74, 6) is 0.108. The van der Waals surface area contributed by atoms with Crippen LogP contribution in [-0.4, -0.2) is 48.3 Å². The van der Waals surface area contributed by atoms with Gasteiger partial charge in [0.25, 0.3) is 23.5 Å². The van der Waals surface area contributed by atoms with Gasteiger partial charge in [-0.15, -0.1) is 0 Å². The number of aliphatic hydroxyl groups is 1. The first-order chi connectivity index (χ1) is 13.8. The molecule has 3 unspecified atom stereocenters. The summed E-state index contributed by atoms with van der Waals surface area (Å²) in [5.41, 5.74) is 6.24. The van der Waals surface area contributed by atoms with Gasteiger partial charge in [-0.05, 0) is 0 Å². The number of ether oxygens (including phenoxy) is 1. The molecule has 0 saturated carbocycles. The molecule has 1 saturated heterocycles. The van der Waals surface area contributed by atoms with Crippen molar-refractivity contribution in [3.8, 4) is 0 Å². The summed E-state index contributed by atoms with van der Waals surface area (Å²) >= 11 is 0. The average molecular weight is 488 g/mol. The summed E-state index contributed by atoms with van der Waals surface area (Å²) in [6.45, 7) is -0.893. The van der Waals surface area contributed by atoms with Crippen molar-refractivity contribution in [2.45, 2.75) is 24.9 Å². The van der Waals surface area contributed by atoms with E-state index in [0.29, 0.717) is 0 Å². The maximum atomic E-state index is 11.6. The first-order valence-electron chi connectivity index (χ1n) is 7.76. The molecule has 0 bridgehead atoms. The van der Waals surface area contributed by atoms with Crippen molar-refractivity contribution in [2.75, 3.05) is 12.3 Å². The number of anilines is 1. The first-order valence-corrected chi connectivity index (χ1v) is 12.2. The van der Waals surface area contributed by atoms with Crippen LogP contribution in [0.25, 0.3) is 11.2 Å². The molecule has 2 aromatic heterocycles. The van der Waals surface area contributed by atoms with Crippen LogP contribution in [-0.2, 0) is 31.6 Å². The largest absolute Gasteiger partial charge is 0.756 e. The molecule has 2 aromatic rings. The maximum Gasteiger partial charge on any atom is 0.280 e. The molecule has 3 heterocycles. The molecule has 17 nitrogen and oxygen atoms in total. The molecule has 3 rings (SSSR count). The maximum absolute atomic E-state index is 11.6. The van der Waals surface area contributed by atoms with Crippen LogP contribution in [0.5, 0.6) is 0 Å². The molecule has 1 aliphatic rings. The van der Waals surface area contributed by atoms with Crippen LogP contribution in [0.15, 0.2) is 12.7 Å². The normalized spacial score (nSPS) is 28.1. The predicted molar refractivity (Wildman–Crippen MR) is 87.4 cm³/mol. The van der Waals surface area contributed by atoms with Gasteiger partial charge in [0.05, 0.1) is 19.0 Å². The van der Waals surface area contributed by atoms with E-state index in [4.69, 9.17) is 15.4 Å². The van der Waals surface area contributed by atoms with E-state index in [2.05, 4.69) is 28.1 Å². The number of imidazole rings is 1. The highest BCUT2D eigenvalue weighted by Crippen LogP contribution is 2.61. The van der Waals surface area contributed by atoms with E-state index in [1.165, 1.54) is 17.2 Å². The topological polar surface area (TPSA) is 267 Å². The van der Waals surface area contributed by atoms with E-state index in [-0.39, 0.29) is 23.4 Å². The third-order valence-corrected chi connectivity index (χ3v) is 7.39. The number of aliphatic hydroxyl groups excluding tert-OH is 1. The first kappa shape index (κ1) is 23.3. The van der Waals surface area contributed by atoms with Gasteiger partial charge < -0.3 is 39.7 Å². The molecule has 0 aliphatic carbocycles. The van der Waals surface area contributed by atoms with Crippen LogP contribution in [0.1, 0.15) is 12.6 Å². The zero-order valence-corrected chi connectivity index (χ0v) is 17.2. The predicted octanol–water partition coefficient (Wildman–Crippen LogP) is -2.50. The minimum absolute atomic E-state index is 0.0412. The highest BCUT2D eigenvalue weighted by molar-refractivity contribution is 7.65. The van der Waals surface area contributed by atoms with Crippen LogP contribution in [0.4, 0.5) is 5.82 Å². The fourth-order valence-electron chi connectivity index (χ4n) is 2.57. The number of phosphoric ester groups is 1. The van der Waals surface area contributed by atoms with Crippen LogP contribution in [0.3, 0.4) is 0 Å². The molecule has 0 aromatic carbocycles. The SMILES string of the molecule is Nc1ncnc2c1ncn2[C@H]1C[C@H](O)[C@@H](COP(=O)([O-])OP(=O)([O-])OP(=O)([O-])O)O1. The highest BCUT2D eigenvalue weighted by Gasteiger charge is 2.37. The van der Waals surface area contributed by atoms with Gasteiger partial charge in [0.15, 0.2) is 11.5 Å². The fraction of sp³-hybridized carbons (Fsp3) is 0.500. The molecule has 0 spiro atoms. The summed E-state index contributed by atoms with van der Waals surface area (Å²) in [7, 11) is -17.5. The lowest BCUT2D eigenvalue weighted by atomic mass is 10.2. The van der Waals surface area contributed by atoms with Crippen molar-refractivity contribution in [1.29, 1.82) is 0 Å². The lowest BCUT2D eigenvalue weighted by Crippen LogP contribution is -2.27. The summed E-state index contributed by atoms with van der Waals surface area (Å²) in [4.78, 5) is 53.3. The number of nitrogen functional groups attached to an aromatic ring is 1. The number of hydrogen-bond acceptors (Lipinski definition) is 15. The van der Waals surface area contributed by atoms with E-state index in [0.717, 1.165) is 0 Å². The summed E-state index contributed by atoms with van der Waals surface area (Å²) in [5, 5.41) is 10.1. The molecular weight excluding hydrogens is 475 g/mol. The zero-order valence-electron chi connectivity index (χ0n) is 14.5. The minimum Gasteiger partial charge on any atom is -0.756 e. The second-order valence-electron chi connectivity index (χ2n) is 5.84. The van der Waals surface area contributed by atoms with Crippen molar-refractivity contribution in [3.05, 3.63) is 12.7 Å². The number of aromatic nitrogens is 4. The average Bonchev–Trinajstić information content (AvgIpc) is 3.14. The Morgan fingerprint density at radius 3 is 2.57 bits per heavy atom. The lowest BCUT2D eigenvalue weighted by Gasteiger charge is -2.33. The highest BCUT2D eigenvalue weighted by atomic mass is 31.3. The van der Waals surface area contributed by atoms with Gasteiger partial charge in [0.1, 0.15) is 24.2 Å². The Morgan fingerprint density at radius 1 is 1.20 bits per heavy atom. The Kier molecular flexibility index (Phi) is 6.47. The van der Waals surface area contributed by atoms with Crippen molar-refractivity contribution >= 4 is 40.4 Å². The van der Waals surface area contributed by atoms with Crippen molar-refractivity contribution in [1.82, 2.24) is 19.5 Å². The van der Waals surface area contributed by atoms with Crippen molar-refractivity contribution in [3.63, 3.8) is 0 Å². The zero-order chi connectivity index (χ0) is 22.3. The van der Waals surface area contributed by atoms with Crippen molar-refractivity contribution < 1.29 is 56.3 Å². The van der Waals surface area contributed by atoms with Gasteiger partial charge in [-0.25, -0.2) is 23.6 Å². The van der Waals surface area contributed by atoms with Gasteiger partial charge in [0.2, 0.25) is 0 Å². The molecule has 168 valence electrons. The fourth-order valence-corrected chi connectivity index (χ4v) is 5.47. The lowest BCUT2D eigenvalue weighted by molar-refractivity contribution is -0.250. The minimum atomic E-state index is -6.01. The molecule has 1 fully saturated rings. The van der Waals surface area contributed by atoms with Gasteiger partial charge in [-0.2, -0.15) is 0 Å². The smallest absolute Gasteiger partial charge is 0.280 e. The quantitative estimate of drug-likeness (QED) is 0.324. The molecule has 6 atom stereocenters. The third-order valence-electron chi connectivity index (χ3n) is 3.70. The summed E-state index contributed by atoms with van der Waals surface area (Å²) in [6, 6.07) is 0. The summed E-state index contributed by atoms with van der Waals surface area (Å²) in [6.07, 6.45) is -0.897. The Labute approximate surface area is 166 Å². The molecule has 0 amide bonds. The van der Waals surface area contributed by atoms with Gasteiger partial charge in [-0.1, -0.05) is 0 Å². The van der Waals surface area contributed by atoms with Crippen LogP contribution in [0, 0.1) is 0 Å². The van der Waals surface area contributed by atoms with E-state index in [1.807, 2.05) is 0 Å². The monoisotopic (exact) mass is 488 g/mol. The molecule has 30 heavy (non-hydrogen) atoms. The molecule has 20 heteroatoms. The number of nitrogens with zero attached hydrogens (tertiary/aromatic N) is 4. The molecule has 4 N–H and O–H groups in total. The molecule has 0 radical (unpaired) electrons. The van der Waals surface area contributed by atoms with E-state index < -0.39 is 48.5 Å². The Morgan fingerprint density at radius 2 is 1.90 bits per heavy atom. The standard InChI is InChI=1S/C10H16N5O12P3/c11-9-8-10(13-3-12-9)15(4-14-8)7-1-5(16)6(25-7)2-24-29(20,21)27-30(22,23)26-28(17,18)19/h3-7,16H,1-2H2,(H,20,21)(H,22,23)(H2,11,12,13)(H2,17,18,19)/p-3/t5-,6+,7+/m0/s1. The van der Waals surface area contributed by atoms with Gasteiger partial charge in [-0.3, -0.25) is 18.3 Å². The van der Waals surface area contributed by atoms with Gasteiger partial charge in [0, 0.05) is 6.42 Å². The Bertz CT molecular complexity index is 1070. The van der Waals surface area contributed by atoms with Crippen molar-refractivity contribution in [2.24, 2.45) is 0 Å². The Hall–Kier alpha value is -1.32. The Balaban J connectivity index is 1.64. The van der Waals surface area contributed by atoms with Crippen LogP contribution < -0.4 is 20.4 Å². The van der Waals surface area contributed by atoms with Crippen LogP contribution in [0.2, 0.25) is 0 Å². The molecule has 1 aliphatic heterocycles.